The Balaban J connectivity index is 1.75. The number of carbonyl (C=O) groups excluding carboxylic acids is 2. The molecule has 0 saturated carbocycles. The van der Waals surface area contributed by atoms with Crippen LogP contribution in [0.5, 0.6) is 0 Å². The Labute approximate surface area is 167 Å². The van der Waals surface area contributed by atoms with E-state index in [0.717, 1.165) is 0 Å². The quantitative estimate of drug-likeness (QED) is 0.461. The van der Waals surface area contributed by atoms with Gasteiger partial charge in [0.2, 0.25) is 5.91 Å². The van der Waals surface area contributed by atoms with Crippen molar-refractivity contribution in [2.75, 3.05) is 4.90 Å². The van der Waals surface area contributed by atoms with Crippen LogP contribution in [0.1, 0.15) is 40.6 Å². The number of fused-ring (bicyclic) bond motifs is 1. The van der Waals surface area contributed by atoms with E-state index in [2.05, 4.69) is 4.99 Å². The highest BCUT2D eigenvalue weighted by Crippen LogP contribution is 2.33. The number of imide groups is 1. The molecule has 2 atom stereocenters. The van der Waals surface area contributed by atoms with Gasteiger partial charge in [-0.05, 0) is 48.9 Å². The fourth-order valence-corrected chi connectivity index (χ4v) is 3.46. The molecule has 6 heteroatoms. The summed E-state index contributed by atoms with van der Waals surface area (Å²) < 4.78 is 5.37. The molecule has 2 amide bonds. The highest BCUT2D eigenvalue weighted by molar-refractivity contribution is 6.32. The van der Waals surface area contributed by atoms with E-state index in [9.17, 15) is 9.59 Å². The second kappa shape index (κ2) is 7.44. The Morgan fingerprint density at radius 3 is 2.68 bits per heavy atom. The van der Waals surface area contributed by atoms with Crippen molar-refractivity contribution in [3.8, 4) is 0 Å². The zero-order chi connectivity index (χ0) is 19.7. The minimum Gasteiger partial charge on any atom is -0.467 e. The van der Waals surface area contributed by atoms with Crippen LogP contribution < -0.4 is 4.90 Å². The Morgan fingerprint density at radius 1 is 1.11 bits per heavy atom. The van der Waals surface area contributed by atoms with E-state index >= 15 is 0 Å². The predicted molar refractivity (Wildman–Crippen MR) is 108 cm³/mol. The largest absolute Gasteiger partial charge is 0.467 e. The highest BCUT2D eigenvalue weighted by Gasteiger charge is 2.38. The Hall–Kier alpha value is -3.18. The standard InChI is InChI=1S/C22H17ClN2O3/c1-14(20-10-5-11-28-20)24-13-19-17-8-2-3-9-18(17)21(26)25(22(19)27)16-7-4-6-15(23)12-16/h2-14,19H,1H3/t14-,19?/m0/s1. The topological polar surface area (TPSA) is 62.9 Å². The van der Waals surface area contributed by atoms with E-state index in [0.29, 0.717) is 27.6 Å². The maximum Gasteiger partial charge on any atom is 0.265 e. The lowest BCUT2D eigenvalue weighted by Gasteiger charge is -2.31. The summed E-state index contributed by atoms with van der Waals surface area (Å²) in [4.78, 5) is 31.9. The maximum absolute atomic E-state index is 13.3. The number of hydrogen-bond acceptors (Lipinski definition) is 4. The van der Waals surface area contributed by atoms with Crippen LogP contribution in [0.4, 0.5) is 5.69 Å². The predicted octanol–water partition coefficient (Wildman–Crippen LogP) is 5.04. The van der Waals surface area contributed by atoms with Crippen LogP contribution >= 0.6 is 11.6 Å². The number of aliphatic imine (C=N–C) groups is 1. The van der Waals surface area contributed by atoms with Crippen LogP contribution in [-0.4, -0.2) is 18.0 Å². The van der Waals surface area contributed by atoms with Crippen molar-refractivity contribution in [3.05, 3.63) is 88.8 Å². The average molecular weight is 393 g/mol. The van der Waals surface area contributed by atoms with E-state index in [4.69, 9.17) is 16.0 Å². The lowest BCUT2D eigenvalue weighted by atomic mass is 9.89. The molecule has 0 saturated heterocycles. The van der Waals surface area contributed by atoms with Gasteiger partial charge in [0.1, 0.15) is 11.8 Å². The number of rotatable bonds is 4. The zero-order valence-electron chi connectivity index (χ0n) is 15.1. The van der Waals surface area contributed by atoms with E-state index in [-0.39, 0.29) is 17.9 Å². The molecule has 0 fully saturated rings. The van der Waals surface area contributed by atoms with Gasteiger partial charge in [-0.1, -0.05) is 35.9 Å². The van der Waals surface area contributed by atoms with E-state index < -0.39 is 5.92 Å². The second-order valence-electron chi connectivity index (χ2n) is 6.51. The molecule has 0 radical (unpaired) electrons. The molecule has 4 rings (SSSR count). The number of hydrogen-bond donors (Lipinski definition) is 0. The Morgan fingerprint density at radius 2 is 1.93 bits per heavy atom. The molecule has 0 N–H and O–H groups in total. The first kappa shape index (κ1) is 18.2. The molecule has 0 bridgehead atoms. The number of halogens is 1. The van der Waals surface area contributed by atoms with Gasteiger partial charge in [-0.3, -0.25) is 14.6 Å². The van der Waals surface area contributed by atoms with E-state index in [1.807, 2.05) is 19.1 Å². The number of anilines is 1. The van der Waals surface area contributed by atoms with Crippen molar-refractivity contribution in [1.29, 1.82) is 0 Å². The molecule has 0 aliphatic carbocycles. The highest BCUT2D eigenvalue weighted by atomic mass is 35.5. The summed E-state index contributed by atoms with van der Waals surface area (Å²) in [7, 11) is 0. The summed E-state index contributed by atoms with van der Waals surface area (Å²) in [5, 5.41) is 0.452. The van der Waals surface area contributed by atoms with E-state index in [1.54, 1.807) is 61.0 Å². The van der Waals surface area contributed by atoms with Crippen LogP contribution in [-0.2, 0) is 4.79 Å². The molecule has 1 aliphatic heterocycles. The molecule has 140 valence electrons. The average Bonchev–Trinajstić information content (AvgIpc) is 3.23. The first-order valence-corrected chi connectivity index (χ1v) is 9.23. The van der Waals surface area contributed by atoms with Gasteiger partial charge in [-0.25, -0.2) is 4.90 Å². The zero-order valence-corrected chi connectivity index (χ0v) is 15.8. The van der Waals surface area contributed by atoms with Gasteiger partial charge in [0.05, 0.1) is 17.9 Å². The molecular weight excluding hydrogens is 376 g/mol. The van der Waals surface area contributed by atoms with Gasteiger partial charge in [0.15, 0.2) is 0 Å². The third kappa shape index (κ3) is 3.25. The van der Waals surface area contributed by atoms with Gasteiger partial charge in [-0.15, -0.1) is 0 Å². The van der Waals surface area contributed by atoms with Crippen molar-refractivity contribution < 1.29 is 14.0 Å². The molecule has 1 aromatic heterocycles. The maximum atomic E-state index is 13.3. The van der Waals surface area contributed by atoms with Crippen molar-refractivity contribution in [2.45, 2.75) is 18.9 Å². The molecular formula is C22H17ClN2O3. The smallest absolute Gasteiger partial charge is 0.265 e. The minimum absolute atomic E-state index is 0.243. The van der Waals surface area contributed by atoms with Crippen molar-refractivity contribution in [3.63, 3.8) is 0 Å². The molecule has 28 heavy (non-hydrogen) atoms. The van der Waals surface area contributed by atoms with Crippen LogP contribution in [0.2, 0.25) is 5.02 Å². The lowest BCUT2D eigenvalue weighted by Crippen LogP contribution is -2.45. The third-order valence-corrected chi connectivity index (χ3v) is 4.93. The fourth-order valence-electron chi connectivity index (χ4n) is 3.28. The Kier molecular flexibility index (Phi) is 4.84. The SMILES string of the molecule is C[C@H](N=CC1C(=O)N(c2cccc(Cl)c2)C(=O)c2ccccc21)c1ccco1. The van der Waals surface area contributed by atoms with Crippen molar-refractivity contribution in [2.24, 2.45) is 4.99 Å². The summed E-state index contributed by atoms with van der Waals surface area (Å²) in [6.45, 7) is 1.88. The summed E-state index contributed by atoms with van der Waals surface area (Å²) >= 11 is 6.07. The van der Waals surface area contributed by atoms with Crippen LogP contribution in [0, 0.1) is 0 Å². The normalized spacial score (nSPS) is 17.8. The number of nitrogens with zero attached hydrogens (tertiary/aromatic N) is 2. The monoisotopic (exact) mass is 392 g/mol. The van der Waals surface area contributed by atoms with Gasteiger partial charge in [0.25, 0.3) is 5.91 Å². The second-order valence-corrected chi connectivity index (χ2v) is 6.95. The number of benzene rings is 2. The first-order valence-electron chi connectivity index (χ1n) is 8.86. The summed E-state index contributed by atoms with van der Waals surface area (Å²) in [5.41, 5.74) is 1.56. The summed E-state index contributed by atoms with van der Waals surface area (Å²) in [5.74, 6) is -0.700. The van der Waals surface area contributed by atoms with Crippen LogP contribution in [0.25, 0.3) is 0 Å². The first-order chi connectivity index (χ1) is 13.6. The summed E-state index contributed by atoms with van der Waals surface area (Å²) in [6.07, 6.45) is 3.18. The molecule has 1 unspecified atom stereocenters. The Bertz CT molecular complexity index is 1060. The summed E-state index contributed by atoms with van der Waals surface area (Å²) in [6, 6.07) is 17.2. The van der Waals surface area contributed by atoms with Crippen molar-refractivity contribution >= 4 is 35.3 Å². The molecule has 0 spiro atoms. The molecule has 2 heterocycles. The minimum atomic E-state index is -0.676. The van der Waals surface area contributed by atoms with E-state index in [1.165, 1.54) is 4.90 Å². The van der Waals surface area contributed by atoms with Gasteiger partial charge >= 0.3 is 0 Å². The van der Waals surface area contributed by atoms with Gasteiger partial charge < -0.3 is 4.42 Å². The van der Waals surface area contributed by atoms with Crippen LogP contribution in [0.15, 0.2) is 76.3 Å². The lowest BCUT2D eigenvalue weighted by molar-refractivity contribution is -0.118. The van der Waals surface area contributed by atoms with Gasteiger partial charge in [-0.2, -0.15) is 0 Å². The number of furan rings is 1. The van der Waals surface area contributed by atoms with Gasteiger partial charge in [0, 0.05) is 16.8 Å². The molecule has 5 nitrogen and oxygen atoms in total. The third-order valence-electron chi connectivity index (χ3n) is 4.70. The van der Waals surface area contributed by atoms with Crippen molar-refractivity contribution in [1.82, 2.24) is 0 Å². The number of carbonyl (C=O) groups is 2. The molecule has 3 aromatic rings. The molecule has 2 aromatic carbocycles. The number of amides is 2. The fraction of sp³-hybridized carbons (Fsp3) is 0.136. The van der Waals surface area contributed by atoms with Crippen LogP contribution in [0.3, 0.4) is 0 Å². The molecule has 1 aliphatic rings.